The molecule has 4 rings (SSSR count). The monoisotopic (exact) mass is 465 g/mol. The lowest BCUT2D eigenvalue weighted by molar-refractivity contribution is -0.156. The van der Waals surface area contributed by atoms with E-state index in [0.717, 1.165) is 11.1 Å². The van der Waals surface area contributed by atoms with E-state index < -0.39 is 17.2 Å². The van der Waals surface area contributed by atoms with Crippen LogP contribution in [0.2, 0.25) is 0 Å². The van der Waals surface area contributed by atoms with Gasteiger partial charge in [0.25, 0.3) is 5.91 Å². The zero-order valence-corrected chi connectivity index (χ0v) is 18.8. The van der Waals surface area contributed by atoms with E-state index in [1.165, 1.54) is 36.4 Å². The molecule has 0 spiro atoms. The Kier molecular flexibility index (Phi) is 6.91. The molecule has 34 heavy (non-hydrogen) atoms. The topological polar surface area (TPSA) is 55.8 Å². The molecule has 1 saturated heterocycles. The van der Waals surface area contributed by atoms with Crippen molar-refractivity contribution in [3.63, 3.8) is 0 Å². The molecule has 5 nitrogen and oxygen atoms in total. The highest BCUT2D eigenvalue weighted by Crippen LogP contribution is 2.34. The van der Waals surface area contributed by atoms with E-state index in [0.29, 0.717) is 24.3 Å². The van der Waals surface area contributed by atoms with Gasteiger partial charge in [-0.05, 0) is 73.0 Å². The van der Waals surface area contributed by atoms with Crippen molar-refractivity contribution in [1.29, 1.82) is 0 Å². The van der Waals surface area contributed by atoms with Crippen LogP contribution in [0.3, 0.4) is 0 Å². The van der Waals surface area contributed by atoms with Crippen LogP contribution < -0.4 is 4.74 Å². The highest BCUT2D eigenvalue weighted by molar-refractivity contribution is 5.95. The molecule has 1 fully saturated rings. The largest absolute Gasteiger partial charge is 0.492 e. The third-order valence-corrected chi connectivity index (χ3v) is 5.99. The van der Waals surface area contributed by atoms with Crippen LogP contribution in [0.4, 0.5) is 8.78 Å². The molecular formula is C27H25F2NO4. The van der Waals surface area contributed by atoms with E-state index in [1.54, 1.807) is 36.1 Å². The lowest BCUT2D eigenvalue weighted by atomic mass is 9.88. The summed E-state index contributed by atoms with van der Waals surface area (Å²) in [6.07, 6.45) is 0.395. The summed E-state index contributed by atoms with van der Waals surface area (Å²) in [6, 6.07) is 18.8. The summed E-state index contributed by atoms with van der Waals surface area (Å²) < 4.78 is 37.7. The Hall–Kier alpha value is -3.74. The number of ether oxygens (including phenoxy) is 2. The van der Waals surface area contributed by atoms with Gasteiger partial charge in [0, 0.05) is 18.7 Å². The molecule has 0 aromatic heterocycles. The zero-order valence-electron chi connectivity index (χ0n) is 18.8. The summed E-state index contributed by atoms with van der Waals surface area (Å²) in [5, 5.41) is 0. The SMILES string of the molecule is CCOC(=O)C1(COc2ccc(-c3ccc(F)cc3)cc2)CCN(C(=O)c2ccc(F)cc2)C1. The van der Waals surface area contributed by atoms with Crippen LogP contribution in [0.15, 0.2) is 72.8 Å². The Morgan fingerprint density at radius 1 is 0.882 bits per heavy atom. The van der Waals surface area contributed by atoms with Crippen molar-refractivity contribution in [3.05, 3.63) is 90.0 Å². The van der Waals surface area contributed by atoms with E-state index in [4.69, 9.17) is 9.47 Å². The molecule has 1 heterocycles. The highest BCUT2D eigenvalue weighted by Gasteiger charge is 2.48. The fourth-order valence-electron chi connectivity index (χ4n) is 4.06. The molecule has 1 aliphatic rings. The Balaban J connectivity index is 1.46. The molecule has 1 atom stereocenters. The van der Waals surface area contributed by atoms with Crippen LogP contribution in [-0.4, -0.2) is 43.1 Å². The lowest BCUT2D eigenvalue weighted by Crippen LogP contribution is -2.42. The number of carbonyl (C=O) groups is 2. The van der Waals surface area contributed by atoms with Crippen molar-refractivity contribution in [2.45, 2.75) is 13.3 Å². The molecule has 0 N–H and O–H groups in total. The van der Waals surface area contributed by atoms with Gasteiger partial charge in [-0.25, -0.2) is 8.78 Å². The zero-order chi connectivity index (χ0) is 24.1. The lowest BCUT2D eigenvalue weighted by Gasteiger charge is -2.27. The Morgan fingerprint density at radius 2 is 1.44 bits per heavy atom. The van der Waals surface area contributed by atoms with Crippen molar-refractivity contribution in [2.75, 3.05) is 26.3 Å². The highest BCUT2D eigenvalue weighted by atomic mass is 19.1. The number of benzene rings is 3. The fraction of sp³-hybridized carbons (Fsp3) is 0.259. The first-order chi connectivity index (χ1) is 16.4. The van der Waals surface area contributed by atoms with Gasteiger partial charge in [-0.3, -0.25) is 9.59 Å². The second-order valence-corrected chi connectivity index (χ2v) is 8.30. The molecule has 0 radical (unpaired) electrons. The van der Waals surface area contributed by atoms with E-state index in [-0.39, 0.29) is 31.5 Å². The van der Waals surface area contributed by atoms with Gasteiger partial charge >= 0.3 is 5.97 Å². The van der Waals surface area contributed by atoms with Gasteiger partial charge in [0.1, 0.15) is 29.4 Å². The maximum atomic E-state index is 13.2. The van der Waals surface area contributed by atoms with Crippen molar-refractivity contribution in [2.24, 2.45) is 5.41 Å². The number of esters is 1. The van der Waals surface area contributed by atoms with E-state index in [2.05, 4.69) is 0 Å². The van der Waals surface area contributed by atoms with Gasteiger partial charge < -0.3 is 14.4 Å². The quantitative estimate of drug-likeness (QED) is 0.455. The minimum atomic E-state index is -0.999. The number of hydrogen-bond acceptors (Lipinski definition) is 4. The summed E-state index contributed by atoms with van der Waals surface area (Å²) >= 11 is 0. The summed E-state index contributed by atoms with van der Waals surface area (Å²) in [7, 11) is 0. The number of carbonyl (C=O) groups excluding carboxylic acids is 2. The van der Waals surface area contributed by atoms with Crippen molar-refractivity contribution in [1.82, 2.24) is 4.90 Å². The van der Waals surface area contributed by atoms with Gasteiger partial charge in [-0.2, -0.15) is 0 Å². The number of rotatable bonds is 7. The van der Waals surface area contributed by atoms with Gasteiger partial charge in [0.2, 0.25) is 0 Å². The number of likely N-dealkylation sites (tertiary alicyclic amines) is 1. The fourth-order valence-corrected chi connectivity index (χ4v) is 4.06. The Bertz CT molecular complexity index is 1150. The van der Waals surface area contributed by atoms with Crippen molar-refractivity contribution < 1.29 is 27.8 Å². The molecule has 3 aromatic carbocycles. The summed E-state index contributed by atoms with van der Waals surface area (Å²) in [5.41, 5.74) is 1.14. The second kappa shape index (κ2) is 10.0. The standard InChI is InChI=1S/C27H25F2NO4/c1-2-33-26(32)27(15-16-30(17-27)25(31)21-5-11-23(29)12-6-21)18-34-24-13-7-20(8-14-24)19-3-9-22(28)10-4-19/h3-14H,2,15-18H2,1H3. The molecule has 176 valence electrons. The first-order valence-corrected chi connectivity index (χ1v) is 11.1. The second-order valence-electron chi connectivity index (χ2n) is 8.30. The normalized spacial score (nSPS) is 17.4. The smallest absolute Gasteiger partial charge is 0.317 e. The first-order valence-electron chi connectivity index (χ1n) is 11.1. The van der Waals surface area contributed by atoms with Crippen LogP contribution in [0.25, 0.3) is 11.1 Å². The number of halogens is 2. The average molecular weight is 465 g/mol. The minimum Gasteiger partial charge on any atom is -0.492 e. The Labute approximate surface area is 196 Å². The molecular weight excluding hydrogens is 440 g/mol. The van der Waals surface area contributed by atoms with Gasteiger partial charge in [-0.15, -0.1) is 0 Å². The molecule has 1 unspecified atom stereocenters. The predicted molar refractivity (Wildman–Crippen MR) is 123 cm³/mol. The van der Waals surface area contributed by atoms with Crippen LogP contribution in [0, 0.1) is 17.0 Å². The summed E-state index contributed by atoms with van der Waals surface area (Å²) in [4.78, 5) is 27.3. The predicted octanol–water partition coefficient (Wildman–Crippen LogP) is 5.11. The third-order valence-electron chi connectivity index (χ3n) is 5.99. The maximum absolute atomic E-state index is 13.2. The van der Waals surface area contributed by atoms with Crippen molar-refractivity contribution in [3.8, 4) is 16.9 Å². The number of nitrogens with zero attached hydrogens (tertiary/aromatic N) is 1. The number of hydrogen-bond donors (Lipinski definition) is 0. The maximum Gasteiger partial charge on any atom is 0.317 e. The Morgan fingerprint density at radius 3 is 2.03 bits per heavy atom. The number of amides is 1. The third kappa shape index (κ3) is 5.09. The molecule has 0 bridgehead atoms. The molecule has 0 aliphatic carbocycles. The molecule has 1 amide bonds. The van der Waals surface area contributed by atoms with Crippen LogP contribution >= 0.6 is 0 Å². The summed E-state index contributed by atoms with van der Waals surface area (Å²) in [5.74, 6) is -0.825. The van der Waals surface area contributed by atoms with Gasteiger partial charge in [-0.1, -0.05) is 24.3 Å². The van der Waals surface area contributed by atoms with E-state index >= 15 is 0 Å². The minimum absolute atomic E-state index is 0.0505. The molecule has 1 aliphatic heterocycles. The van der Waals surface area contributed by atoms with E-state index in [9.17, 15) is 18.4 Å². The van der Waals surface area contributed by atoms with E-state index in [1.807, 2.05) is 12.1 Å². The van der Waals surface area contributed by atoms with Crippen LogP contribution in [0.5, 0.6) is 5.75 Å². The summed E-state index contributed by atoms with van der Waals surface area (Å²) in [6.45, 7) is 2.52. The van der Waals surface area contributed by atoms with Crippen molar-refractivity contribution >= 4 is 11.9 Å². The average Bonchev–Trinajstić information content (AvgIpc) is 3.30. The van der Waals surface area contributed by atoms with Gasteiger partial charge in [0.05, 0.1) is 6.61 Å². The van der Waals surface area contributed by atoms with Crippen LogP contribution in [-0.2, 0) is 9.53 Å². The molecule has 7 heteroatoms. The van der Waals surface area contributed by atoms with Gasteiger partial charge in [0.15, 0.2) is 0 Å². The first kappa shape index (κ1) is 23.4. The molecule has 0 saturated carbocycles. The molecule has 3 aromatic rings. The van der Waals surface area contributed by atoms with Crippen LogP contribution in [0.1, 0.15) is 23.7 Å².